The third kappa shape index (κ3) is 8.16. The second kappa shape index (κ2) is 10.9. The van der Waals surface area contributed by atoms with E-state index in [4.69, 9.17) is 9.84 Å². The van der Waals surface area contributed by atoms with E-state index in [0.29, 0.717) is 23.1 Å². The molecule has 2 atom stereocenters. The summed E-state index contributed by atoms with van der Waals surface area (Å²) in [5, 5.41) is 9.01. The summed E-state index contributed by atoms with van der Waals surface area (Å²) in [5.74, 6) is 1.21. The molecule has 0 heterocycles. The highest BCUT2D eigenvalue weighted by Crippen LogP contribution is 2.21. The van der Waals surface area contributed by atoms with E-state index in [1.807, 2.05) is 57.2 Å². The number of aromatic hydroxyl groups is 1. The molecule has 0 saturated carbocycles. The molecule has 2 aromatic carbocycles. The number of phenolic OH excluding ortho intramolecular Hbond substituents is 1. The summed E-state index contributed by atoms with van der Waals surface area (Å²) < 4.78 is 5.31. The van der Waals surface area contributed by atoms with Crippen molar-refractivity contribution in [1.82, 2.24) is 0 Å². The van der Waals surface area contributed by atoms with Crippen molar-refractivity contribution in [3.05, 3.63) is 65.2 Å². The highest BCUT2D eigenvalue weighted by molar-refractivity contribution is 5.89. The average molecular weight is 385 g/mol. The van der Waals surface area contributed by atoms with Gasteiger partial charge in [0, 0.05) is 0 Å². The molecule has 3 heteroatoms. The van der Waals surface area contributed by atoms with Crippen molar-refractivity contribution in [3.8, 4) is 5.75 Å². The minimum atomic E-state index is -0.438. The highest BCUT2D eigenvalue weighted by Gasteiger charge is 2.17. The van der Waals surface area contributed by atoms with Gasteiger partial charge in [0.2, 0.25) is 0 Å². The number of hydrogen-bond acceptors (Lipinski definition) is 3. The molecule has 2 unspecified atom stereocenters. The van der Waals surface area contributed by atoms with Crippen LogP contribution >= 0.6 is 0 Å². The fourth-order valence-corrected chi connectivity index (χ4v) is 2.56. The monoisotopic (exact) mass is 384 g/mol. The molecule has 0 radical (unpaired) electrons. The Morgan fingerprint density at radius 1 is 0.857 bits per heavy atom. The minimum Gasteiger partial charge on any atom is -0.508 e. The number of rotatable bonds is 5. The lowest BCUT2D eigenvalue weighted by molar-refractivity contribution is 0.00695. The molecule has 1 N–H and O–H groups in total. The highest BCUT2D eigenvalue weighted by atomic mass is 16.6. The quantitative estimate of drug-likeness (QED) is 0.561. The van der Waals surface area contributed by atoms with Gasteiger partial charge in [-0.2, -0.15) is 0 Å². The standard InChI is InChI=1S/C15H22O2.C10H14O/c1-6-11(2)12-7-9-13(10-8-12)14(16)17-15(3,4)5;1-3-8(2)9-4-6-10(11)7-5-9/h7-11H,6H2,1-5H3;4-8,11H,3H2,1-2H3. The first-order chi connectivity index (χ1) is 13.1. The molecule has 0 aliphatic heterocycles. The zero-order valence-corrected chi connectivity index (χ0v) is 18.5. The SMILES string of the molecule is CCC(C)c1ccc(C(=O)OC(C)(C)C)cc1.CCC(C)c1ccc(O)cc1. The second-order valence-corrected chi connectivity index (χ2v) is 8.33. The average Bonchev–Trinajstić information content (AvgIpc) is 2.66. The first-order valence-electron chi connectivity index (χ1n) is 10.2. The maximum atomic E-state index is 11.8. The van der Waals surface area contributed by atoms with Crippen molar-refractivity contribution >= 4 is 5.97 Å². The fraction of sp³-hybridized carbons (Fsp3) is 0.480. The number of carbonyl (C=O) groups excluding carboxylic acids is 1. The lowest BCUT2D eigenvalue weighted by Crippen LogP contribution is -2.23. The number of carbonyl (C=O) groups is 1. The lowest BCUT2D eigenvalue weighted by Gasteiger charge is -2.19. The summed E-state index contributed by atoms with van der Waals surface area (Å²) in [6.45, 7) is 14.3. The zero-order chi connectivity index (χ0) is 21.3. The van der Waals surface area contributed by atoms with E-state index >= 15 is 0 Å². The third-order valence-electron chi connectivity index (χ3n) is 4.80. The van der Waals surface area contributed by atoms with E-state index in [0.717, 1.165) is 12.8 Å². The molecule has 0 bridgehead atoms. The molecular formula is C25H36O3. The molecule has 154 valence electrons. The van der Waals surface area contributed by atoms with Crippen LogP contribution in [0.1, 0.15) is 94.6 Å². The molecule has 0 saturated heterocycles. The van der Waals surface area contributed by atoms with Gasteiger partial charge < -0.3 is 9.84 Å². The van der Waals surface area contributed by atoms with Crippen LogP contribution in [0.15, 0.2) is 48.5 Å². The van der Waals surface area contributed by atoms with Crippen LogP contribution in [0.2, 0.25) is 0 Å². The molecule has 3 nitrogen and oxygen atoms in total. The van der Waals surface area contributed by atoms with E-state index in [9.17, 15) is 4.79 Å². The van der Waals surface area contributed by atoms with Crippen molar-refractivity contribution < 1.29 is 14.6 Å². The molecule has 0 spiro atoms. The van der Waals surface area contributed by atoms with Crippen molar-refractivity contribution in [1.29, 1.82) is 0 Å². The number of ether oxygens (including phenoxy) is 1. The normalized spacial score (nSPS) is 13.1. The predicted octanol–water partition coefficient (Wildman–Crippen LogP) is 7.06. The van der Waals surface area contributed by atoms with Crippen molar-refractivity contribution in [2.24, 2.45) is 0 Å². The Hall–Kier alpha value is -2.29. The Balaban J connectivity index is 0.000000307. The second-order valence-electron chi connectivity index (χ2n) is 8.33. The van der Waals surface area contributed by atoms with Gasteiger partial charge in [-0.25, -0.2) is 4.79 Å². The largest absolute Gasteiger partial charge is 0.508 e. The number of phenols is 1. The van der Waals surface area contributed by atoms with Crippen LogP contribution in [-0.4, -0.2) is 16.7 Å². The lowest BCUT2D eigenvalue weighted by atomic mass is 9.98. The van der Waals surface area contributed by atoms with Crippen LogP contribution in [0.25, 0.3) is 0 Å². The molecule has 0 aliphatic rings. The van der Waals surface area contributed by atoms with Crippen LogP contribution in [-0.2, 0) is 4.74 Å². The summed E-state index contributed by atoms with van der Waals surface area (Å²) in [6.07, 6.45) is 2.25. The van der Waals surface area contributed by atoms with Crippen molar-refractivity contribution in [2.45, 2.75) is 78.7 Å². The molecule has 0 aromatic heterocycles. The molecule has 2 aromatic rings. The Bertz CT molecular complexity index is 709. The van der Waals surface area contributed by atoms with Gasteiger partial charge in [-0.15, -0.1) is 0 Å². The smallest absolute Gasteiger partial charge is 0.338 e. The first kappa shape index (κ1) is 23.7. The summed E-state index contributed by atoms with van der Waals surface area (Å²) >= 11 is 0. The van der Waals surface area contributed by atoms with Crippen LogP contribution in [0, 0.1) is 0 Å². The first-order valence-corrected chi connectivity index (χ1v) is 10.2. The van der Waals surface area contributed by atoms with Crippen molar-refractivity contribution in [2.75, 3.05) is 0 Å². The molecule has 0 amide bonds. The maximum absolute atomic E-state index is 11.8. The summed E-state index contributed by atoms with van der Waals surface area (Å²) in [7, 11) is 0. The predicted molar refractivity (Wildman–Crippen MR) is 117 cm³/mol. The number of benzene rings is 2. The number of hydrogen-bond donors (Lipinski definition) is 1. The topological polar surface area (TPSA) is 46.5 Å². The van der Waals surface area contributed by atoms with E-state index < -0.39 is 5.60 Å². The van der Waals surface area contributed by atoms with Gasteiger partial charge in [0.15, 0.2) is 0 Å². The third-order valence-corrected chi connectivity index (χ3v) is 4.80. The molecule has 0 aliphatic carbocycles. The van der Waals surface area contributed by atoms with E-state index in [1.165, 1.54) is 11.1 Å². The van der Waals surface area contributed by atoms with Crippen LogP contribution in [0.5, 0.6) is 5.75 Å². The van der Waals surface area contributed by atoms with Gasteiger partial charge in [0.05, 0.1) is 5.56 Å². The van der Waals surface area contributed by atoms with Gasteiger partial charge in [-0.05, 0) is 80.8 Å². The fourth-order valence-electron chi connectivity index (χ4n) is 2.56. The summed E-state index contributed by atoms with van der Waals surface area (Å²) in [4.78, 5) is 11.8. The van der Waals surface area contributed by atoms with Gasteiger partial charge in [0.25, 0.3) is 0 Å². The molecule has 0 fully saturated rings. The Kier molecular flexibility index (Phi) is 9.24. The maximum Gasteiger partial charge on any atom is 0.338 e. The molecular weight excluding hydrogens is 348 g/mol. The Labute approximate surface area is 170 Å². The Morgan fingerprint density at radius 2 is 1.25 bits per heavy atom. The Morgan fingerprint density at radius 3 is 1.61 bits per heavy atom. The van der Waals surface area contributed by atoms with Crippen LogP contribution < -0.4 is 0 Å². The van der Waals surface area contributed by atoms with Crippen molar-refractivity contribution in [3.63, 3.8) is 0 Å². The van der Waals surface area contributed by atoms with E-state index in [2.05, 4.69) is 27.7 Å². The summed E-state index contributed by atoms with van der Waals surface area (Å²) in [5.41, 5.74) is 2.74. The van der Waals surface area contributed by atoms with Gasteiger partial charge in [-0.1, -0.05) is 52.0 Å². The summed E-state index contributed by atoms with van der Waals surface area (Å²) in [6, 6.07) is 15.1. The molecule has 28 heavy (non-hydrogen) atoms. The van der Waals surface area contributed by atoms with Crippen LogP contribution in [0.3, 0.4) is 0 Å². The zero-order valence-electron chi connectivity index (χ0n) is 18.5. The molecule has 2 rings (SSSR count). The van der Waals surface area contributed by atoms with E-state index in [1.54, 1.807) is 12.1 Å². The van der Waals surface area contributed by atoms with Crippen LogP contribution in [0.4, 0.5) is 0 Å². The van der Waals surface area contributed by atoms with Gasteiger partial charge >= 0.3 is 5.97 Å². The minimum absolute atomic E-state index is 0.256. The van der Waals surface area contributed by atoms with E-state index in [-0.39, 0.29) is 5.97 Å². The number of esters is 1. The van der Waals surface area contributed by atoms with Gasteiger partial charge in [0.1, 0.15) is 11.4 Å². The van der Waals surface area contributed by atoms with Gasteiger partial charge in [-0.3, -0.25) is 0 Å².